The van der Waals surface area contributed by atoms with Crippen LogP contribution in [0.5, 0.6) is 0 Å². The maximum atomic E-state index is 12.2. The van der Waals surface area contributed by atoms with Gasteiger partial charge in [-0.3, -0.25) is 4.79 Å². The molecular weight excluding hydrogens is 236 g/mol. The van der Waals surface area contributed by atoms with Gasteiger partial charge in [0, 0.05) is 0 Å². The molecule has 0 spiro atoms. The predicted molar refractivity (Wildman–Crippen MR) is 82.1 cm³/mol. The van der Waals surface area contributed by atoms with Crippen LogP contribution >= 0.6 is 0 Å². The van der Waals surface area contributed by atoms with Gasteiger partial charge in [0.1, 0.15) is 6.10 Å². The molecule has 2 nitrogen and oxygen atoms in total. The average Bonchev–Trinajstić information content (AvgIpc) is 2.43. The van der Waals surface area contributed by atoms with Crippen molar-refractivity contribution in [2.24, 2.45) is 11.3 Å². The molecule has 1 atom stereocenters. The predicted octanol–water partition coefficient (Wildman–Crippen LogP) is 5.13. The molecule has 0 aromatic heterocycles. The topological polar surface area (TPSA) is 26.3 Å². The number of carbonyl (C=O) groups is 1. The molecule has 0 amide bonds. The van der Waals surface area contributed by atoms with Crippen LogP contribution in [0.2, 0.25) is 0 Å². The lowest BCUT2D eigenvalue weighted by Crippen LogP contribution is -2.32. The Morgan fingerprint density at radius 2 is 1.79 bits per heavy atom. The fourth-order valence-corrected chi connectivity index (χ4v) is 2.33. The number of esters is 1. The molecule has 1 rings (SSSR count). The van der Waals surface area contributed by atoms with Crippen LogP contribution in [0.25, 0.3) is 0 Å². The van der Waals surface area contributed by atoms with Crippen molar-refractivity contribution in [1.82, 2.24) is 0 Å². The van der Waals surface area contributed by atoms with Crippen LogP contribution in [0.4, 0.5) is 0 Å². The monoisotopic (exact) mass is 268 g/mol. The second kappa shape index (κ2) is 9.17. The summed E-state index contributed by atoms with van der Waals surface area (Å²) in [5.41, 5.74) is -0.447. The summed E-state index contributed by atoms with van der Waals surface area (Å²) < 4.78 is 5.66. The smallest absolute Gasteiger partial charge is 0.315 e. The summed E-state index contributed by atoms with van der Waals surface area (Å²) in [6, 6.07) is 0. The molecule has 19 heavy (non-hydrogen) atoms. The highest BCUT2D eigenvalue weighted by Gasteiger charge is 2.32. The lowest BCUT2D eigenvalue weighted by atomic mass is 9.86. The molecule has 112 valence electrons. The Kier molecular flexibility index (Phi) is 8.79. The number of ether oxygens (including phenoxy) is 1. The molecule has 2 heteroatoms. The van der Waals surface area contributed by atoms with Crippen LogP contribution in [0.1, 0.15) is 73.6 Å². The quantitative estimate of drug-likeness (QED) is 0.522. The lowest BCUT2D eigenvalue weighted by Gasteiger charge is -2.30. The van der Waals surface area contributed by atoms with E-state index in [1.54, 1.807) is 0 Å². The van der Waals surface area contributed by atoms with E-state index in [1.807, 2.05) is 46.8 Å². The SMILES string of the molecule is C/C=C\C(C)(CC)C(=O)OC1CCC(C)CC1.CC. The molecule has 1 aliphatic rings. The molecule has 0 heterocycles. The lowest BCUT2D eigenvalue weighted by molar-refractivity contribution is -0.159. The first-order chi connectivity index (χ1) is 9.01. The average molecular weight is 268 g/mol. The molecule has 0 radical (unpaired) electrons. The van der Waals surface area contributed by atoms with Crippen LogP contribution in [-0.2, 0) is 9.53 Å². The van der Waals surface area contributed by atoms with E-state index >= 15 is 0 Å². The number of hydrogen-bond acceptors (Lipinski definition) is 2. The van der Waals surface area contributed by atoms with Crippen molar-refractivity contribution in [2.75, 3.05) is 0 Å². The van der Waals surface area contributed by atoms with Gasteiger partial charge in [0.05, 0.1) is 5.41 Å². The van der Waals surface area contributed by atoms with E-state index < -0.39 is 5.41 Å². The van der Waals surface area contributed by atoms with Crippen molar-refractivity contribution in [1.29, 1.82) is 0 Å². The maximum Gasteiger partial charge on any atom is 0.315 e. The zero-order chi connectivity index (χ0) is 14.9. The Morgan fingerprint density at radius 1 is 1.26 bits per heavy atom. The third-order valence-corrected chi connectivity index (χ3v) is 3.97. The highest BCUT2D eigenvalue weighted by molar-refractivity contribution is 5.78. The summed E-state index contributed by atoms with van der Waals surface area (Å²) in [7, 11) is 0. The molecule has 0 aliphatic heterocycles. The summed E-state index contributed by atoms with van der Waals surface area (Å²) in [6.45, 7) is 12.2. The minimum atomic E-state index is -0.447. The van der Waals surface area contributed by atoms with Crippen molar-refractivity contribution in [3.05, 3.63) is 12.2 Å². The third-order valence-electron chi connectivity index (χ3n) is 3.97. The van der Waals surface area contributed by atoms with Crippen LogP contribution in [0, 0.1) is 11.3 Å². The zero-order valence-corrected chi connectivity index (χ0v) is 13.7. The fourth-order valence-electron chi connectivity index (χ4n) is 2.33. The van der Waals surface area contributed by atoms with Gasteiger partial charge >= 0.3 is 5.97 Å². The first-order valence-electron chi connectivity index (χ1n) is 7.86. The first kappa shape index (κ1) is 18.2. The Balaban J connectivity index is 0.00000154. The van der Waals surface area contributed by atoms with Crippen LogP contribution < -0.4 is 0 Å². The van der Waals surface area contributed by atoms with Crippen LogP contribution in [0.15, 0.2) is 12.2 Å². The zero-order valence-electron chi connectivity index (χ0n) is 13.7. The van der Waals surface area contributed by atoms with E-state index in [4.69, 9.17) is 4.74 Å². The summed E-state index contributed by atoms with van der Waals surface area (Å²) in [5.74, 6) is 0.732. The van der Waals surface area contributed by atoms with Crippen LogP contribution in [-0.4, -0.2) is 12.1 Å². The molecule has 1 aliphatic carbocycles. The van der Waals surface area contributed by atoms with Gasteiger partial charge < -0.3 is 4.74 Å². The number of hydrogen-bond donors (Lipinski definition) is 0. The number of rotatable bonds is 4. The normalized spacial score (nSPS) is 26.2. The van der Waals surface area contributed by atoms with Crippen molar-refractivity contribution in [2.45, 2.75) is 79.8 Å². The van der Waals surface area contributed by atoms with E-state index in [0.717, 1.165) is 25.2 Å². The molecule has 1 fully saturated rings. The molecule has 0 N–H and O–H groups in total. The Bertz CT molecular complexity index is 275. The molecule has 0 saturated heterocycles. The van der Waals surface area contributed by atoms with E-state index in [2.05, 4.69) is 6.92 Å². The standard InChI is InChI=1S/C15H26O2.C2H6/c1-5-11-15(4,6-2)14(16)17-13-9-7-12(3)8-10-13;1-2/h5,11-13H,6-10H2,1-4H3;1-2H3/b11-5-;. The van der Waals surface area contributed by atoms with Crippen LogP contribution in [0.3, 0.4) is 0 Å². The second-order valence-electron chi connectivity index (χ2n) is 5.56. The Morgan fingerprint density at radius 3 is 2.21 bits per heavy atom. The maximum absolute atomic E-state index is 12.2. The van der Waals surface area contributed by atoms with Gasteiger partial charge in [-0.15, -0.1) is 0 Å². The third kappa shape index (κ3) is 5.80. The summed E-state index contributed by atoms with van der Waals surface area (Å²) in [4.78, 5) is 12.2. The van der Waals surface area contributed by atoms with Gasteiger partial charge in [0.25, 0.3) is 0 Å². The summed E-state index contributed by atoms with van der Waals surface area (Å²) >= 11 is 0. The number of allylic oxidation sites excluding steroid dienone is 1. The number of carbonyl (C=O) groups excluding carboxylic acids is 1. The highest BCUT2D eigenvalue weighted by Crippen LogP contribution is 2.30. The van der Waals surface area contributed by atoms with Gasteiger partial charge in [-0.2, -0.15) is 0 Å². The molecule has 1 saturated carbocycles. The van der Waals surface area contributed by atoms with E-state index in [1.165, 1.54) is 12.8 Å². The molecule has 0 aromatic carbocycles. The van der Waals surface area contributed by atoms with E-state index in [-0.39, 0.29) is 12.1 Å². The molecule has 0 bridgehead atoms. The minimum Gasteiger partial charge on any atom is -0.462 e. The molecule has 1 unspecified atom stereocenters. The van der Waals surface area contributed by atoms with E-state index in [9.17, 15) is 4.79 Å². The van der Waals surface area contributed by atoms with Crippen molar-refractivity contribution < 1.29 is 9.53 Å². The first-order valence-corrected chi connectivity index (χ1v) is 7.86. The van der Waals surface area contributed by atoms with Gasteiger partial charge in [0.15, 0.2) is 0 Å². The van der Waals surface area contributed by atoms with Crippen molar-refractivity contribution >= 4 is 5.97 Å². The molecule has 0 aromatic rings. The Labute approximate surface area is 119 Å². The van der Waals surface area contributed by atoms with Gasteiger partial charge in [-0.1, -0.05) is 39.8 Å². The highest BCUT2D eigenvalue weighted by atomic mass is 16.5. The second-order valence-corrected chi connectivity index (χ2v) is 5.56. The van der Waals surface area contributed by atoms with Gasteiger partial charge in [0.2, 0.25) is 0 Å². The molecular formula is C17H32O2. The summed E-state index contributed by atoms with van der Waals surface area (Å²) in [5, 5.41) is 0. The van der Waals surface area contributed by atoms with Gasteiger partial charge in [-0.05, 0) is 51.9 Å². The Hall–Kier alpha value is -0.790. The van der Waals surface area contributed by atoms with Gasteiger partial charge in [-0.25, -0.2) is 0 Å². The van der Waals surface area contributed by atoms with Crippen molar-refractivity contribution in [3.63, 3.8) is 0 Å². The largest absolute Gasteiger partial charge is 0.462 e. The van der Waals surface area contributed by atoms with E-state index in [0.29, 0.717) is 0 Å². The summed E-state index contributed by atoms with van der Waals surface area (Å²) in [6.07, 6.45) is 9.27. The minimum absolute atomic E-state index is 0.0577. The fraction of sp³-hybridized carbons (Fsp3) is 0.824. The van der Waals surface area contributed by atoms with Crippen molar-refractivity contribution in [3.8, 4) is 0 Å².